The highest BCUT2D eigenvalue weighted by molar-refractivity contribution is 5.70. The van der Waals surface area contributed by atoms with E-state index >= 15 is 0 Å². The third-order valence-electron chi connectivity index (χ3n) is 2.62. The molecule has 0 aliphatic rings. The van der Waals surface area contributed by atoms with Crippen molar-refractivity contribution in [1.29, 1.82) is 0 Å². The van der Waals surface area contributed by atoms with E-state index in [0.717, 1.165) is 5.56 Å². The zero-order chi connectivity index (χ0) is 13.8. The van der Waals surface area contributed by atoms with Crippen LogP contribution < -0.4 is 11.3 Å². The number of hydrogen-bond donors (Lipinski definition) is 1. The van der Waals surface area contributed by atoms with Gasteiger partial charge >= 0.3 is 5.97 Å². The van der Waals surface area contributed by atoms with Crippen molar-refractivity contribution in [2.45, 2.75) is 6.54 Å². The van der Waals surface area contributed by atoms with E-state index in [0.29, 0.717) is 5.82 Å². The van der Waals surface area contributed by atoms with E-state index in [1.54, 1.807) is 12.1 Å². The van der Waals surface area contributed by atoms with Gasteiger partial charge in [-0.05, 0) is 0 Å². The van der Waals surface area contributed by atoms with Gasteiger partial charge in [0.25, 0.3) is 5.56 Å². The van der Waals surface area contributed by atoms with Gasteiger partial charge in [-0.3, -0.25) is 14.2 Å². The van der Waals surface area contributed by atoms with Crippen LogP contribution >= 0.6 is 0 Å². The molecule has 0 spiro atoms. The second kappa shape index (κ2) is 5.34. The number of ether oxygens (including phenoxy) is 1. The Morgan fingerprint density at radius 2 is 2.05 bits per heavy atom. The maximum absolute atomic E-state index is 12.0. The monoisotopic (exact) mass is 259 g/mol. The highest BCUT2D eigenvalue weighted by atomic mass is 16.5. The molecular formula is C13H13N3O3. The Bertz CT molecular complexity index is 650. The molecule has 0 saturated heterocycles. The summed E-state index contributed by atoms with van der Waals surface area (Å²) in [5, 5.41) is 0. The Kier molecular flexibility index (Phi) is 3.61. The van der Waals surface area contributed by atoms with E-state index < -0.39 is 11.5 Å². The van der Waals surface area contributed by atoms with Gasteiger partial charge in [-0.2, -0.15) is 0 Å². The molecule has 0 unspecified atom stereocenters. The smallest absolute Gasteiger partial charge is 0.325 e. The minimum atomic E-state index is -0.535. The Hall–Kier alpha value is -2.63. The van der Waals surface area contributed by atoms with Gasteiger partial charge in [-0.25, -0.2) is 4.98 Å². The van der Waals surface area contributed by atoms with Gasteiger partial charge in [0.15, 0.2) is 0 Å². The molecule has 1 aromatic heterocycles. The summed E-state index contributed by atoms with van der Waals surface area (Å²) < 4.78 is 5.78. The van der Waals surface area contributed by atoms with Gasteiger partial charge in [-0.15, -0.1) is 0 Å². The lowest BCUT2D eigenvalue weighted by Gasteiger charge is -2.11. The van der Waals surface area contributed by atoms with E-state index in [9.17, 15) is 9.59 Å². The molecule has 0 bridgehead atoms. The van der Waals surface area contributed by atoms with Crippen molar-refractivity contribution in [3.63, 3.8) is 0 Å². The summed E-state index contributed by atoms with van der Waals surface area (Å²) in [6.07, 6.45) is 1.29. The molecule has 0 atom stereocenters. The van der Waals surface area contributed by atoms with Crippen molar-refractivity contribution in [3.8, 4) is 11.4 Å². The molecule has 6 heteroatoms. The number of esters is 1. The van der Waals surface area contributed by atoms with Gasteiger partial charge < -0.3 is 10.5 Å². The van der Waals surface area contributed by atoms with Crippen LogP contribution in [0.5, 0.6) is 0 Å². The summed E-state index contributed by atoms with van der Waals surface area (Å²) in [7, 11) is 1.26. The van der Waals surface area contributed by atoms with Crippen molar-refractivity contribution < 1.29 is 9.53 Å². The fourth-order valence-corrected chi connectivity index (χ4v) is 1.67. The lowest BCUT2D eigenvalue weighted by atomic mass is 10.2. The molecule has 0 aliphatic heterocycles. The van der Waals surface area contributed by atoms with E-state index in [1.807, 2.05) is 18.2 Å². The standard InChI is InChI=1S/C13H13N3O3/c1-19-11(17)8-16-12(9-5-3-2-4-6-9)15-7-10(14)13(16)18/h2-7H,8,14H2,1H3. The largest absolute Gasteiger partial charge is 0.468 e. The van der Waals surface area contributed by atoms with E-state index in [1.165, 1.54) is 17.9 Å². The van der Waals surface area contributed by atoms with Gasteiger partial charge in [0.1, 0.15) is 18.1 Å². The highest BCUT2D eigenvalue weighted by Crippen LogP contribution is 2.15. The van der Waals surface area contributed by atoms with E-state index in [4.69, 9.17) is 5.73 Å². The summed E-state index contributed by atoms with van der Waals surface area (Å²) in [4.78, 5) is 27.5. The van der Waals surface area contributed by atoms with Gasteiger partial charge in [0, 0.05) is 5.56 Å². The summed E-state index contributed by atoms with van der Waals surface area (Å²) in [6.45, 7) is -0.225. The molecule has 2 N–H and O–H groups in total. The Morgan fingerprint density at radius 1 is 1.37 bits per heavy atom. The molecule has 2 aromatic rings. The zero-order valence-electron chi connectivity index (χ0n) is 10.4. The maximum Gasteiger partial charge on any atom is 0.325 e. The molecule has 1 heterocycles. The minimum absolute atomic E-state index is 0.0106. The summed E-state index contributed by atoms with van der Waals surface area (Å²) in [5.74, 6) is -0.156. The number of aromatic nitrogens is 2. The van der Waals surface area contributed by atoms with Crippen molar-refractivity contribution in [2.24, 2.45) is 0 Å². The van der Waals surface area contributed by atoms with Crippen LogP contribution in [-0.4, -0.2) is 22.6 Å². The number of hydrogen-bond acceptors (Lipinski definition) is 5. The first-order chi connectivity index (χ1) is 9.13. The molecule has 0 amide bonds. The molecular weight excluding hydrogens is 246 g/mol. The lowest BCUT2D eigenvalue weighted by Crippen LogP contribution is -2.29. The van der Waals surface area contributed by atoms with Gasteiger partial charge in [0.2, 0.25) is 0 Å². The highest BCUT2D eigenvalue weighted by Gasteiger charge is 2.13. The summed E-state index contributed by atoms with van der Waals surface area (Å²) >= 11 is 0. The van der Waals surface area contributed by atoms with E-state index in [2.05, 4.69) is 9.72 Å². The van der Waals surface area contributed by atoms with Gasteiger partial charge in [0.05, 0.1) is 13.3 Å². The first kappa shape index (κ1) is 12.8. The fraction of sp³-hybridized carbons (Fsp3) is 0.154. The number of nitrogen functional groups attached to an aromatic ring is 1. The molecule has 1 aromatic carbocycles. The average molecular weight is 259 g/mol. The third-order valence-corrected chi connectivity index (χ3v) is 2.62. The van der Waals surface area contributed by atoms with Crippen LogP contribution in [0.4, 0.5) is 5.69 Å². The number of nitrogens with two attached hydrogens (primary N) is 1. The molecule has 2 rings (SSSR count). The Labute approximate surface area is 109 Å². The molecule has 0 aliphatic carbocycles. The minimum Gasteiger partial charge on any atom is -0.468 e. The first-order valence-electron chi connectivity index (χ1n) is 5.61. The average Bonchev–Trinajstić information content (AvgIpc) is 2.45. The van der Waals surface area contributed by atoms with Crippen molar-refractivity contribution in [1.82, 2.24) is 9.55 Å². The van der Waals surface area contributed by atoms with Crippen LogP contribution in [0.1, 0.15) is 0 Å². The normalized spacial score (nSPS) is 10.2. The second-order valence-electron chi connectivity index (χ2n) is 3.87. The van der Waals surface area contributed by atoms with Crippen LogP contribution in [0.2, 0.25) is 0 Å². The molecule has 0 radical (unpaired) electrons. The number of carbonyl (C=O) groups is 1. The Morgan fingerprint density at radius 3 is 2.68 bits per heavy atom. The van der Waals surface area contributed by atoms with Crippen LogP contribution in [0.25, 0.3) is 11.4 Å². The topological polar surface area (TPSA) is 87.2 Å². The van der Waals surface area contributed by atoms with Gasteiger partial charge in [-0.1, -0.05) is 30.3 Å². The number of carbonyl (C=O) groups excluding carboxylic acids is 1. The lowest BCUT2D eigenvalue weighted by molar-refractivity contribution is -0.141. The van der Waals surface area contributed by atoms with Crippen LogP contribution in [0, 0.1) is 0 Å². The Balaban J connectivity index is 2.58. The number of benzene rings is 1. The predicted octanol–water partition coefficient (Wildman–Crippen LogP) is 0.665. The third kappa shape index (κ3) is 2.62. The first-order valence-corrected chi connectivity index (χ1v) is 5.61. The predicted molar refractivity (Wildman–Crippen MR) is 70.4 cm³/mol. The number of nitrogens with zero attached hydrogens (tertiary/aromatic N) is 2. The maximum atomic E-state index is 12.0. The molecule has 98 valence electrons. The van der Waals surface area contributed by atoms with Crippen molar-refractivity contribution in [2.75, 3.05) is 12.8 Å². The molecule has 0 saturated carbocycles. The van der Waals surface area contributed by atoms with Crippen molar-refractivity contribution in [3.05, 3.63) is 46.9 Å². The zero-order valence-corrected chi connectivity index (χ0v) is 10.4. The molecule has 0 fully saturated rings. The quantitative estimate of drug-likeness (QED) is 0.818. The number of anilines is 1. The van der Waals surface area contributed by atoms with Crippen molar-refractivity contribution >= 4 is 11.7 Å². The van der Waals surface area contributed by atoms with Crippen LogP contribution in [-0.2, 0) is 16.1 Å². The second-order valence-corrected chi connectivity index (χ2v) is 3.87. The van der Waals surface area contributed by atoms with Crippen LogP contribution in [0.3, 0.4) is 0 Å². The molecule has 6 nitrogen and oxygen atoms in total. The summed E-state index contributed by atoms with van der Waals surface area (Å²) in [6, 6.07) is 9.09. The van der Waals surface area contributed by atoms with E-state index in [-0.39, 0.29) is 12.2 Å². The molecule has 19 heavy (non-hydrogen) atoms. The van der Waals surface area contributed by atoms with Crippen LogP contribution in [0.15, 0.2) is 41.3 Å². The number of rotatable bonds is 3. The number of methoxy groups -OCH3 is 1. The summed E-state index contributed by atoms with van der Waals surface area (Å²) in [5.41, 5.74) is 5.79. The SMILES string of the molecule is COC(=O)Cn1c(-c2ccccc2)ncc(N)c1=O. The fourth-order valence-electron chi connectivity index (χ4n) is 1.67.